The van der Waals surface area contributed by atoms with Gasteiger partial charge in [-0.15, -0.1) is 0 Å². The molecule has 7 nitrogen and oxygen atoms in total. The first-order valence-electron chi connectivity index (χ1n) is 6.53. The van der Waals surface area contributed by atoms with Gasteiger partial charge in [0.25, 0.3) is 5.56 Å². The number of rotatable bonds is 2. The van der Waals surface area contributed by atoms with Gasteiger partial charge in [-0.3, -0.25) is 18.7 Å². The van der Waals surface area contributed by atoms with Crippen molar-refractivity contribution in [1.82, 2.24) is 19.1 Å². The van der Waals surface area contributed by atoms with Crippen LogP contribution in [0.2, 0.25) is 0 Å². The Morgan fingerprint density at radius 1 is 1.05 bits per heavy atom. The third-order valence-electron chi connectivity index (χ3n) is 3.42. The lowest BCUT2D eigenvalue weighted by atomic mass is 10.1. The number of ketones is 1. The normalized spacial score (nSPS) is 10.8. The van der Waals surface area contributed by atoms with E-state index in [-0.39, 0.29) is 22.6 Å². The summed E-state index contributed by atoms with van der Waals surface area (Å²) in [7, 11) is 2.86. The highest BCUT2D eigenvalue weighted by Crippen LogP contribution is 2.09. The topological polar surface area (TPSA) is 86.8 Å². The van der Waals surface area contributed by atoms with E-state index in [0.29, 0.717) is 5.56 Å². The lowest BCUT2D eigenvalue weighted by molar-refractivity contribution is 0.103. The molecular formula is C15H12N4O3. The second-order valence-corrected chi connectivity index (χ2v) is 4.83. The molecule has 0 bridgehead atoms. The van der Waals surface area contributed by atoms with Gasteiger partial charge in [0.1, 0.15) is 5.69 Å². The molecule has 0 saturated carbocycles. The molecule has 0 saturated heterocycles. The van der Waals surface area contributed by atoms with Crippen LogP contribution in [-0.2, 0) is 14.1 Å². The number of fused-ring (bicyclic) bond motifs is 1. The molecular weight excluding hydrogens is 284 g/mol. The Hall–Kier alpha value is -3.09. The predicted octanol–water partition coefficient (Wildman–Crippen LogP) is 0.258. The summed E-state index contributed by atoms with van der Waals surface area (Å²) >= 11 is 0. The minimum absolute atomic E-state index is 0.00798. The summed E-state index contributed by atoms with van der Waals surface area (Å²) in [6.45, 7) is 0. The van der Waals surface area contributed by atoms with Crippen molar-refractivity contribution in [3.05, 3.63) is 68.6 Å². The average molecular weight is 296 g/mol. The molecule has 2 aromatic heterocycles. The summed E-state index contributed by atoms with van der Waals surface area (Å²) in [6.07, 6.45) is 1.27. The largest absolute Gasteiger partial charge is 0.332 e. The molecule has 0 aliphatic carbocycles. The van der Waals surface area contributed by atoms with Crippen LogP contribution in [-0.4, -0.2) is 24.9 Å². The Morgan fingerprint density at radius 3 is 2.41 bits per heavy atom. The van der Waals surface area contributed by atoms with Crippen molar-refractivity contribution in [2.24, 2.45) is 14.1 Å². The zero-order valence-electron chi connectivity index (χ0n) is 12.0. The van der Waals surface area contributed by atoms with Crippen LogP contribution in [0.5, 0.6) is 0 Å². The van der Waals surface area contributed by atoms with Crippen molar-refractivity contribution in [2.45, 2.75) is 0 Å². The first-order valence-corrected chi connectivity index (χ1v) is 6.53. The number of aryl methyl sites for hydroxylation is 1. The van der Waals surface area contributed by atoms with Crippen molar-refractivity contribution in [1.29, 1.82) is 0 Å². The van der Waals surface area contributed by atoms with Crippen LogP contribution in [0.25, 0.3) is 11.2 Å². The molecule has 0 atom stereocenters. The summed E-state index contributed by atoms with van der Waals surface area (Å²) < 4.78 is 2.16. The van der Waals surface area contributed by atoms with Crippen molar-refractivity contribution in [3.8, 4) is 0 Å². The molecule has 3 rings (SSSR count). The zero-order valence-corrected chi connectivity index (χ0v) is 12.0. The number of carbonyl (C=O) groups is 1. The second kappa shape index (κ2) is 5.03. The van der Waals surface area contributed by atoms with Crippen LogP contribution in [0.4, 0.5) is 0 Å². The second-order valence-electron chi connectivity index (χ2n) is 4.83. The number of hydrogen-bond acceptors (Lipinski definition) is 5. The fourth-order valence-electron chi connectivity index (χ4n) is 2.18. The molecule has 0 amide bonds. The summed E-state index contributed by atoms with van der Waals surface area (Å²) in [5, 5.41) is 0. The fraction of sp³-hybridized carbons (Fsp3) is 0.133. The number of benzene rings is 1. The highest BCUT2D eigenvalue weighted by molar-refractivity contribution is 6.08. The van der Waals surface area contributed by atoms with Gasteiger partial charge in [0.15, 0.2) is 11.2 Å². The van der Waals surface area contributed by atoms with Gasteiger partial charge in [0.2, 0.25) is 5.78 Å². The van der Waals surface area contributed by atoms with E-state index >= 15 is 0 Å². The number of nitrogens with zero attached hydrogens (tertiary/aromatic N) is 4. The highest BCUT2D eigenvalue weighted by Gasteiger charge is 2.16. The van der Waals surface area contributed by atoms with Gasteiger partial charge in [0, 0.05) is 19.7 Å². The minimum atomic E-state index is -0.576. The van der Waals surface area contributed by atoms with E-state index in [1.807, 2.05) is 0 Å². The monoisotopic (exact) mass is 296 g/mol. The van der Waals surface area contributed by atoms with Gasteiger partial charge in [-0.2, -0.15) is 0 Å². The molecule has 0 aliphatic rings. The van der Waals surface area contributed by atoms with Gasteiger partial charge in [-0.05, 0) is 0 Å². The predicted molar refractivity (Wildman–Crippen MR) is 79.9 cm³/mol. The molecule has 7 heteroatoms. The van der Waals surface area contributed by atoms with Gasteiger partial charge in [-0.25, -0.2) is 14.8 Å². The molecule has 0 unspecified atom stereocenters. The maximum atomic E-state index is 12.4. The van der Waals surface area contributed by atoms with Crippen LogP contribution in [0, 0.1) is 0 Å². The van der Waals surface area contributed by atoms with Gasteiger partial charge in [-0.1, -0.05) is 30.3 Å². The Balaban J connectivity index is 2.25. The summed E-state index contributed by atoms with van der Waals surface area (Å²) in [4.78, 5) is 44.5. The Morgan fingerprint density at radius 2 is 1.73 bits per heavy atom. The van der Waals surface area contributed by atoms with E-state index < -0.39 is 11.2 Å². The van der Waals surface area contributed by atoms with Crippen molar-refractivity contribution < 1.29 is 4.79 Å². The third-order valence-corrected chi connectivity index (χ3v) is 3.42. The molecule has 0 fully saturated rings. The maximum Gasteiger partial charge on any atom is 0.332 e. The van der Waals surface area contributed by atoms with Crippen LogP contribution < -0.4 is 11.2 Å². The van der Waals surface area contributed by atoms with E-state index in [9.17, 15) is 14.4 Å². The standard InChI is InChI=1S/C15H12N4O3/c1-18-13-11(14(21)19(2)15(18)22)17-10(8-16-13)12(20)9-6-4-3-5-7-9/h3-8H,1-2H3. The summed E-state index contributed by atoms with van der Waals surface area (Å²) in [5.41, 5.74) is -0.404. The van der Waals surface area contributed by atoms with Crippen molar-refractivity contribution in [3.63, 3.8) is 0 Å². The van der Waals surface area contributed by atoms with E-state index in [1.54, 1.807) is 30.3 Å². The molecule has 0 aliphatic heterocycles. The van der Waals surface area contributed by atoms with Crippen molar-refractivity contribution >= 4 is 16.9 Å². The third kappa shape index (κ3) is 2.03. The quantitative estimate of drug-likeness (QED) is 0.633. The molecule has 2 heterocycles. The maximum absolute atomic E-state index is 12.4. The SMILES string of the molecule is Cn1c(=O)c2nc(C(=O)c3ccccc3)cnc2n(C)c1=O. The van der Waals surface area contributed by atoms with Crippen molar-refractivity contribution in [2.75, 3.05) is 0 Å². The molecule has 3 aromatic rings. The van der Waals surface area contributed by atoms with Crippen LogP contribution in [0.15, 0.2) is 46.1 Å². The average Bonchev–Trinajstić information content (AvgIpc) is 2.57. The minimum Gasteiger partial charge on any atom is -0.287 e. The lowest BCUT2D eigenvalue weighted by Gasteiger charge is -2.07. The lowest BCUT2D eigenvalue weighted by Crippen LogP contribution is -2.38. The van der Waals surface area contributed by atoms with E-state index in [4.69, 9.17) is 0 Å². The summed E-state index contributed by atoms with van der Waals surface area (Å²) in [6, 6.07) is 8.60. The molecule has 0 spiro atoms. The summed E-state index contributed by atoms with van der Waals surface area (Å²) in [5.74, 6) is -0.328. The molecule has 0 N–H and O–H groups in total. The molecule has 22 heavy (non-hydrogen) atoms. The van der Waals surface area contributed by atoms with E-state index in [2.05, 4.69) is 9.97 Å². The van der Waals surface area contributed by atoms with Crippen LogP contribution in [0.1, 0.15) is 16.1 Å². The smallest absolute Gasteiger partial charge is 0.287 e. The van der Waals surface area contributed by atoms with Gasteiger partial charge in [0.05, 0.1) is 6.20 Å². The Bertz CT molecular complexity index is 1000. The van der Waals surface area contributed by atoms with E-state index in [1.165, 1.54) is 24.9 Å². The van der Waals surface area contributed by atoms with E-state index in [0.717, 1.165) is 4.57 Å². The van der Waals surface area contributed by atoms with Crippen LogP contribution in [0.3, 0.4) is 0 Å². The Labute approximate surface area is 124 Å². The van der Waals surface area contributed by atoms with Gasteiger partial charge < -0.3 is 0 Å². The molecule has 110 valence electrons. The molecule has 1 aromatic carbocycles. The first kappa shape index (κ1) is 13.9. The first-order chi connectivity index (χ1) is 10.5. The number of carbonyl (C=O) groups excluding carboxylic acids is 1. The highest BCUT2D eigenvalue weighted by atomic mass is 16.2. The van der Waals surface area contributed by atoms with Crippen LogP contribution >= 0.6 is 0 Å². The fourth-order valence-corrected chi connectivity index (χ4v) is 2.18. The number of hydrogen-bond donors (Lipinski definition) is 0. The zero-order chi connectivity index (χ0) is 15.9. The molecule has 0 radical (unpaired) electrons. The number of aromatic nitrogens is 4. The van der Waals surface area contributed by atoms with Gasteiger partial charge >= 0.3 is 5.69 Å². The Kier molecular flexibility index (Phi) is 3.17.